The van der Waals surface area contributed by atoms with E-state index in [0.29, 0.717) is 24.4 Å². The summed E-state index contributed by atoms with van der Waals surface area (Å²) in [6.07, 6.45) is 9.65. The lowest BCUT2D eigenvalue weighted by molar-refractivity contribution is 0.0698. The summed E-state index contributed by atoms with van der Waals surface area (Å²) >= 11 is 0. The number of fused-ring (bicyclic) bond motifs is 1. The van der Waals surface area contributed by atoms with Gasteiger partial charge < -0.3 is 4.84 Å². The van der Waals surface area contributed by atoms with Crippen molar-refractivity contribution in [1.29, 1.82) is 0 Å². The van der Waals surface area contributed by atoms with Crippen LogP contribution in [0.3, 0.4) is 0 Å². The van der Waals surface area contributed by atoms with E-state index >= 15 is 4.39 Å². The molecular weight excluding hydrogens is 395 g/mol. The molecule has 1 saturated carbocycles. The van der Waals surface area contributed by atoms with Crippen LogP contribution in [0, 0.1) is 5.82 Å². The molecule has 0 bridgehead atoms. The molecule has 3 aromatic heterocycles. The van der Waals surface area contributed by atoms with E-state index in [1.165, 1.54) is 12.5 Å². The highest BCUT2D eigenvalue weighted by Crippen LogP contribution is 2.36. The fourth-order valence-corrected chi connectivity index (χ4v) is 4.26. The maximum Gasteiger partial charge on any atom is 0.161 e. The Morgan fingerprint density at radius 1 is 1.06 bits per heavy atom. The Morgan fingerprint density at radius 3 is 2.77 bits per heavy atom. The molecule has 0 radical (unpaired) electrons. The summed E-state index contributed by atoms with van der Waals surface area (Å²) in [4.78, 5) is 5.52. The highest BCUT2D eigenvalue weighted by atomic mass is 19.1. The smallest absolute Gasteiger partial charge is 0.161 e. The van der Waals surface area contributed by atoms with Crippen LogP contribution in [0.1, 0.15) is 43.0 Å². The van der Waals surface area contributed by atoms with Gasteiger partial charge in [0.05, 0.1) is 12.3 Å². The second-order valence-corrected chi connectivity index (χ2v) is 8.22. The minimum absolute atomic E-state index is 0.0992. The van der Waals surface area contributed by atoms with Crippen LogP contribution >= 0.6 is 0 Å². The summed E-state index contributed by atoms with van der Waals surface area (Å²) in [7, 11) is 0. The molecule has 156 valence electrons. The number of aromatic nitrogens is 5. The van der Waals surface area contributed by atoms with Crippen molar-refractivity contribution in [2.75, 3.05) is 0 Å². The number of nitrogens with zero attached hydrogens (tertiary/aromatic N) is 6. The van der Waals surface area contributed by atoms with Crippen molar-refractivity contribution < 1.29 is 9.23 Å². The number of hydrogen-bond acceptors (Lipinski definition) is 5. The topological polar surface area (TPSA) is 69.6 Å². The van der Waals surface area contributed by atoms with Gasteiger partial charge in [-0.2, -0.15) is 5.10 Å². The number of pyridine rings is 1. The van der Waals surface area contributed by atoms with Gasteiger partial charge in [-0.15, -0.1) is 10.2 Å². The second kappa shape index (κ2) is 7.30. The molecule has 4 aromatic rings. The fourth-order valence-electron chi connectivity index (χ4n) is 4.26. The van der Waals surface area contributed by atoms with Gasteiger partial charge in [0.15, 0.2) is 11.8 Å². The van der Waals surface area contributed by atoms with Crippen LogP contribution in [-0.4, -0.2) is 36.2 Å². The van der Waals surface area contributed by atoms with E-state index in [2.05, 4.69) is 20.5 Å². The lowest BCUT2D eigenvalue weighted by Gasteiger charge is -2.23. The van der Waals surface area contributed by atoms with Crippen LogP contribution < -0.4 is 0 Å². The average molecular weight is 416 g/mol. The molecular formula is C23H21FN6O. The lowest BCUT2D eigenvalue weighted by atomic mass is 9.85. The predicted octanol–water partition coefficient (Wildman–Crippen LogP) is 4.19. The third-order valence-electron chi connectivity index (χ3n) is 6.20. The third-order valence-corrected chi connectivity index (χ3v) is 6.20. The molecule has 0 N–H and O–H groups in total. The Hall–Kier alpha value is -3.55. The van der Waals surface area contributed by atoms with E-state index < -0.39 is 0 Å². The molecule has 0 unspecified atom stereocenters. The highest BCUT2D eigenvalue weighted by Gasteiger charge is 2.25. The van der Waals surface area contributed by atoms with E-state index in [-0.39, 0.29) is 11.9 Å². The third kappa shape index (κ3) is 3.28. The minimum atomic E-state index is -0.293. The normalized spacial score (nSPS) is 18.7. The molecule has 31 heavy (non-hydrogen) atoms. The zero-order chi connectivity index (χ0) is 20.8. The molecule has 1 aliphatic heterocycles. The zero-order valence-corrected chi connectivity index (χ0v) is 16.9. The number of halogens is 1. The lowest BCUT2D eigenvalue weighted by Crippen LogP contribution is -2.17. The first kappa shape index (κ1) is 18.2. The first-order chi connectivity index (χ1) is 15.2. The Morgan fingerprint density at radius 2 is 2.00 bits per heavy atom. The molecule has 7 nitrogen and oxygen atoms in total. The minimum Gasteiger partial charge on any atom is -0.390 e. The number of benzene rings is 1. The average Bonchev–Trinajstić information content (AvgIpc) is 3.49. The Labute approximate surface area is 178 Å². The largest absolute Gasteiger partial charge is 0.390 e. The van der Waals surface area contributed by atoms with Gasteiger partial charge in [0.2, 0.25) is 0 Å². The van der Waals surface area contributed by atoms with Crippen molar-refractivity contribution >= 4 is 11.4 Å². The molecule has 8 heteroatoms. The van der Waals surface area contributed by atoms with Crippen molar-refractivity contribution in [2.45, 2.75) is 44.2 Å². The van der Waals surface area contributed by atoms with Crippen LogP contribution in [0.15, 0.2) is 60.1 Å². The Balaban J connectivity index is 1.22. The molecule has 0 amide bonds. The van der Waals surface area contributed by atoms with Crippen molar-refractivity contribution in [2.24, 2.45) is 5.16 Å². The molecule has 1 fully saturated rings. The van der Waals surface area contributed by atoms with Crippen molar-refractivity contribution in [3.63, 3.8) is 0 Å². The fraction of sp³-hybridized carbons (Fsp3) is 0.304. The van der Waals surface area contributed by atoms with Crippen molar-refractivity contribution in [1.82, 2.24) is 24.4 Å². The van der Waals surface area contributed by atoms with Gasteiger partial charge in [0, 0.05) is 42.1 Å². The van der Waals surface area contributed by atoms with Gasteiger partial charge in [-0.3, -0.25) is 9.08 Å². The molecule has 6 rings (SSSR count). The summed E-state index contributed by atoms with van der Waals surface area (Å²) in [5.74, 6) is 1.20. The van der Waals surface area contributed by atoms with E-state index in [1.54, 1.807) is 12.3 Å². The maximum atomic E-state index is 15.0. The summed E-state index contributed by atoms with van der Waals surface area (Å²) in [6, 6.07) is 10.9. The first-order valence-electron chi connectivity index (χ1n) is 10.6. The summed E-state index contributed by atoms with van der Waals surface area (Å²) in [5, 5.41) is 17.0. The summed E-state index contributed by atoms with van der Waals surface area (Å²) < 4.78 is 18.9. The van der Waals surface area contributed by atoms with Gasteiger partial charge in [-0.1, -0.05) is 23.7 Å². The van der Waals surface area contributed by atoms with Crippen LogP contribution in [0.4, 0.5) is 4.39 Å². The second-order valence-electron chi connectivity index (χ2n) is 8.22. The number of oxime groups is 1. The molecule has 4 heterocycles. The van der Waals surface area contributed by atoms with Gasteiger partial charge in [-0.05, 0) is 42.7 Å². The van der Waals surface area contributed by atoms with E-state index in [1.807, 2.05) is 45.7 Å². The molecule has 0 saturated heterocycles. The molecule has 1 aromatic carbocycles. The van der Waals surface area contributed by atoms with Crippen LogP contribution in [-0.2, 0) is 11.4 Å². The molecule has 1 atom stereocenters. The SMILES string of the molecule is Fc1cc(C2=NO[C@@H](Cn3cccn3)C2)ccc1-c1ccn2c(C3CCC3)nnc2c1. The molecule has 1 aliphatic carbocycles. The first-order valence-corrected chi connectivity index (χ1v) is 10.6. The molecule has 0 spiro atoms. The van der Waals surface area contributed by atoms with Gasteiger partial charge in [-0.25, -0.2) is 4.39 Å². The van der Waals surface area contributed by atoms with Gasteiger partial charge >= 0.3 is 0 Å². The molecule has 2 aliphatic rings. The summed E-state index contributed by atoms with van der Waals surface area (Å²) in [5.41, 5.74) is 3.55. The van der Waals surface area contributed by atoms with Crippen LogP contribution in [0.5, 0.6) is 0 Å². The Bertz CT molecular complexity index is 1270. The van der Waals surface area contributed by atoms with E-state index in [0.717, 1.165) is 41.2 Å². The zero-order valence-electron chi connectivity index (χ0n) is 16.9. The Kier molecular flexibility index (Phi) is 4.29. The van der Waals surface area contributed by atoms with Gasteiger partial charge in [0.1, 0.15) is 11.6 Å². The quantitative estimate of drug-likeness (QED) is 0.489. The van der Waals surface area contributed by atoms with E-state index in [9.17, 15) is 0 Å². The van der Waals surface area contributed by atoms with Crippen molar-refractivity contribution in [3.05, 3.63) is 72.2 Å². The standard InChI is InChI=1S/C23H21FN6O/c24-20-11-17(21-13-18(31-28-21)14-29-9-2-8-25-29)5-6-19(20)16-7-10-30-22(12-16)26-27-23(30)15-3-1-4-15/h2,5-12,15,18H,1,3-4,13-14H2/t18-/m1/s1. The van der Waals surface area contributed by atoms with E-state index in [4.69, 9.17) is 4.84 Å². The van der Waals surface area contributed by atoms with Crippen LogP contribution in [0.2, 0.25) is 0 Å². The highest BCUT2D eigenvalue weighted by molar-refractivity contribution is 6.01. The monoisotopic (exact) mass is 416 g/mol. The predicted molar refractivity (Wildman–Crippen MR) is 113 cm³/mol. The maximum absolute atomic E-state index is 15.0. The number of rotatable bonds is 5. The summed E-state index contributed by atoms with van der Waals surface area (Å²) in [6.45, 7) is 0.613. The van der Waals surface area contributed by atoms with Gasteiger partial charge in [0.25, 0.3) is 0 Å². The number of hydrogen-bond donors (Lipinski definition) is 0. The van der Waals surface area contributed by atoms with Crippen LogP contribution in [0.25, 0.3) is 16.8 Å². The van der Waals surface area contributed by atoms with Crippen molar-refractivity contribution in [3.8, 4) is 11.1 Å².